The van der Waals surface area contributed by atoms with Crippen molar-refractivity contribution in [3.05, 3.63) is 71.1 Å². The van der Waals surface area contributed by atoms with Crippen molar-refractivity contribution in [2.75, 3.05) is 13.1 Å². The second-order valence-corrected chi connectivity index (χ2v) is 9.61. The van der Waals surface area contributed by atoms with Gasteiger partial charge in [-0.15, -0.1) is 0 Å². The maximum Gasteiger partial charge on any atom is 0.241 e. The van der Waals surface area contributed by atoms with Crippen LogP contribution < -0.4 is 5.32 Å². The Hall–Kier alpha value is -2.70. The smallest absolute Gasteiger partial charge is 0.241 e. The predicted molar refractivity (Wildman–Crippen MR) is 130 cm³/mol. The molecule has 0 radical (unpaired) electrons. The van der Waals surface area contributed by atoms with Gasteiger partial charge in [0.05, 0.1) is 12.6 Å². The number of nitrogens with zero attached hydrogens (tertiary/aromatic N) is 3. The first kappa shape index (κ1) is 23.5. The number of nitrogens with one attached hydrogen (secondary N) is 1. The molecule has 1 aliphatic rings. The van der Waals surface area contributed by atoms with E-state index in [1.165, 1.54) is 5.56 Å². The SMILES string of the molecule is CC(C)CC(NC(=O)C1CCN(Cc2nc(-c3ccc(Cl)cc3)no2)CC1)c1ccccc1. The summed E-state index contributed by atoms with van der Waals surface area (Å²) in [5, 5.41) is 8.08. The molecule has 0 spiro atoms. The minimum Gasteiger partial charge on any atom is -0.349 e. The molecular weight excluding hydrogens is 436 g/mol. The van der Waals surface area contributed by atoms with Crippen LogP contribution in [0.5, 0.6) is 0 Å². The van der Waals surface area contributed by atoms with Gasteiger partial charge in [-0.1, -0.05) is 60.9 Å². The summed E-state index contributed by atoms with van der Waals surface area (Å²) in [6, 6.07) is 17.7. The zero-order valence-corrected chi connectivity index (χ0v) is 20.0. The molecule has 174 valence electrons. The maximum atomic E-state index is 13.0. The number of likely N-dealkylation sites (tertiary alicyclic amines) is 1. The molecule has 2 heterocycles. The average Bonchev–Trinajstić information content (AvgIpc) is 3.28. The Morgan fingerprint density at radius 1 is 1.12 bits per heavy atom. The van der Waals surface area contributed by atoms with E-state index in [1.54, 1.807) is 0 Å². The Bertz CT molecular complexity index is 1030. The van der Waals surface area contributed by atoms with Gasteiger partial charge in [0, 0.05) is 16.5 Å². The fourth-order valence-corrected chi connectivity index (χ4v) is 4.43. The Morgan fingerprint density at radius 3 is 2.48 bits per heavy atom. The lowest BCUT2D eigenvalue weighted by atomic mass is 9.93. The summed E-state index contributed by atoms with van der Waals surface area (Å²) in [6.07, 6.45) is 2.59. The van der Waals surface area contributed by atoms with Crippen molar-refractivity contribution in [1.29, 1.82) is 0 Å². The first-order valence-corrected chi connectivity index (χ1v) is 12.0. The first-order chi connectivity index (χ1) is 16.0. The van der Waals surface area contributed by atoms with Crippen molar-refractivity contribution in [3.8, 4) is 11.4 Å². The van der Waals surface area contributed by atoms with Gasteiger partial charge in [-0.3, -0.25) is 9.69 Å². The number of halogens is 1. The molecule has 0 saturated carbocycles. The summed E-state index contributed by atoms with van der Waals surface area (Å²) < 4.78 is 5.45. The van der Waals surface area contributed by atoms with E-state index in [1.807, 2.05) is 42.5 Å². The maximum absolute atomic E-state index is 13.0. The number of aromatic nitrogens is 2. The Labute approximate surface area is 200 Å². The van der Waals surface area contributed by atoms with Crippen LogP contribution in [0.25, 0.3) is 11.4 Å². The number of piperidine rings is 1. The van der Waals surface area contributed by atoms with E-state index in [9.17, 15) is 4.79 Å². The molecule has 1 unspecified atom stereocenters. The predicted octanol–water partition coefficient (Wildman–Crippen LogP) is 5.51. The van der Waals surface area contributed by atoms with Crippen molar-refractivity contribution in [2.45, 2.75) is 45.7 Å². The summed E-state index contributed by atoms with van der Waals surface area (Å²) in [5.74, 6) is 1.85. The molecule has 1 amide bonds. The minimum atomic E-state index is 0.0342. The van der Waals surface area contributed by atoms with Gasteiger partial charge < -0.3 is 9.84 Å². The van der Waals surface area contributed by atoms with E-state index in [0.29, 0.717) is 29.2 Å². The normalized spacial score (nSPS) is 16.1. The summed E-state index contributed by atoms with van der Waals surface area (Å²) in [4.78, 5) is 19.8. The molecule has 7 heteroatoms. The highest BCUT2D eigenvalue weighted by atomic mass is 35.5. The molecule has 6 nitrogen and oxygen atoms in total. The van der Waals surface area contributed by atoms with Gasteiger partial charge in [0.2, 0.25) is 17.6 Å². The molecule has 0 bridgehead atoms. The van der Waals surface area contributed by atoms with Crippen LogP contribution in [-0.4, -0.2) is 34.0 Å². The molecule has 1 atom stereocenters. The Morgan fingerprint density at radius 2 is 1.82 bits per heavy atom. The zero-order valence-electron chi connectivity index (χ0n) is 19.2. The summed E-state index contributed by atoms with van der Waals surface area (Å²) in [7, 11) is 0. The molecule has 1 saturated heterocycles. The second kappa shape index (κ2) is 10.9. The van der Waals surface area contributed by atoms with Crippen LogP contribution in [0.15, 0.2) is 59.1 Å². The van der Waals surface area contributed by atoms with E-state index >= 15 is 0 Å². The van der Waals surface area contributed by atoms with Gasteiger partial charge in [-0.25, -0.2) is 0 Å². The fraction of sp³-hybridized carbons (Fsp3) is 0.423. The van der Waals surface area contributed by atoms with Gasteiger partial charge in [0.15, 0.2) is 0 Å². The largest absolute Gasteiger partial charge is 0.349 e. The van der Waals surface area contributed by atoms with E-state index in [4.69, 9.17) is 16.1 Å². The number of amides is 1. The molecule has 2 aromatic carbocycles. The summed E-state index contributed by atoms with van der Waals surface area (Å²) in [6.45, 7) is 6.63. The van der Waals surface area contributed by atoms with Crippen molar-refractivity contribution in [3.63, 3.8) is 0 Å². The molecule has 1 aliphatic heterocycles. The van der Waals surface area contributed by atoms with Crippen LogP contribution in [0.3, 0.4) is 0 Å². The topological polar surface area (TPSA) is 71.3 Å². The van der Waals surface area contributed by atoms with Gasteiger partial charge in [0.25, 0.3) is 0 Å². The van der Waals surface area contributed by atoms with Crippen molar-refractivity contribution in [2.24, 2.45) is 11.8 Å². The lowest BCUT2D eigenvalue weighted by Gasteiger charge is -2.31. The van der Waals surface area contributed by atoms with Gasteiger partial charge >= 0.3 is 0 Å². The standard InChI is InChI=1S/C26H31ClN4O2/c1-18(2)16-23(19-6-4-3-5-7-19)28-26(32)21-12-14-31(15-13-21)17-24-29-25(30-33-24)20-8-10-22(27)11-9-20/h3-11,18,21,23H,12-17H2,1-2H3,(H,28,32). The summed E-state index contributed by atoms with van der Waals surface area (Å²) >= 11 is 5.95. The third-order valence-corrected chi connectivity index (χ3v) is 6.37. The highest BCUT2D eigenvalue weighted by molar-refractivity contribution is 6.30. The monoisotopic (exact) mass is 466 g/mol. The van der Waals surface area contributed by atoms with Gasteiger partial charge in [0.1, 0.15) is 0 Å². The third-order valence-electron chi connectivity index (χ3n) is 6.11. The Balaban J connectivity index is 1.29. The number of rotatable bonds is 8. The highest BCUT2D eigenvalue weighted by Gasteiger charge is 2.28. The van der Waals surface area contributed by atoms with Crippen LogP contribution in [0.1, 0.15) is 50.6 Å². The number of benzene rings is 2. The number of hydrogen-bond acceptors (Lipinski definition) is 5. The molecular formula is C26H31ClN4O2. The van der Waals surface area contributed by atoms with E-state index < -0.39 is 0 Å². The number of hydrogen-bond donors (Lipinski definition) is 1. The Kier molecular flexibility index (Phi) is 7.78. The molecule has 1 fully saturated rings. The van der Waals surface area contributed by atoms with Crippen molar-refractivity contribution < 1.29 is 9.32 Å². The quantitative estimate of drug-likeness (QED) is 0.474. The van der Waals surface area contributed by atoms with Gasteiger partial charge in [-0.2, -0.15) is 4.98 Å². The van der Waals surface area contributed by atoms with E-state index in [-0.39, 0.29) is 17.9 Å². The zero-order chi connectivity index (χ0) is 23.2. The third kappa shape index (κ3) is 6.42. The molecule has 4 rings (SSSR count). The van der Waals surface area contributed by atoms with Crippen LogP contribution in [0.4, 0.5) is 0 Å². The first-order valence-electron chi connectivity index (χ1n) is 11.6. The average molecular weight is 467 g/mol. The molecule has 3 aromatic rings. The molecule has 1 aromatic heterocycles. The van der Waals surface area contributed by atoms with E-state index in [0.717, 1.165) is 37.9 Å². The van der Waals surface area contributed by atoms with Crippen LogP contribution >= 0.6 is 11.6 Å². The van der Waals surface area contributed by atoms with Crippen LogP contribution in [0.2, 0.25) is 5.02 Å². The molecule has 1 N–H and O–H groups in total. The lowest BCUT2D eigenvalue weighted by Crippen LogP contribution is -2.41. The number of carbonyl (C=O) groups is 1. The molecule has 33 heavy (non-hydrogen) atoms. The summed E-state index contributed by atoms with van der Waals surface area (Å²) in [5.41, 5.74) is 2.05. The van der Waals surface area contributed by atoms with Crippen molar-refractivity contribution in [1.82, 2.24) is 20.4 Å². The second-order valence-electron chi connectivity index (χ2n) is 9.17. The van der Waals surface area contributed by atoms with E-state index in [2.05, 4.69) is 46.3 Å². The lowest BCUT2D eigenvalue weighted by molar-refractivity contribution is -0.127. The fourth-order valence-electron chi connectivity index (χ4n) is 4.30. The highest BCUT2D eigenvalue weighted by Crippen LogP contribution is 2.25. The minimum absolute atomic E-state index is 0.0342. The van der Waals surface area contributed by atoms with Gasteiger partial charge in [-0.05, 0) is 68.1 Å². The number of carbonyl (C=O) groups excluding carboxylic acids is 1. The van der Waals surface area contributed by atoms with Crippen LogP contribution in [-0.2, 0) is 11.3 Å². The van der Waals surface area contributed by atoms with Crippen molar-refractivity contribution >= 4 is 17.5 Å². The van der Waals surface area contributed by atoms with Crippen LogP contribution in [0, 0.1) is 11.8 Å². The molecule has 0 aliphatic carbocycles.